The summed E-state index contributed by atoms with van der Waals surface area (Å²) in [6.45, 7) is 0. The summed E-state index contributed by atoms with van der Waals surface area (Å²) in [5, 5.41) is 8.43. The number of hydrogen-bond acceptors (Lipinski definition) is 3. The number of halogens is 1. The third-order valence-corrected chi connectivity index (χ3v) is 3.51. The van der Waals surface area contributed by atoms with Crippen molar-refractivity contribution in [3.8, 4) is 0 Å². The van der Waals surface area contributed by atoms with Gasteiger partial charge in [-0.15, -0.1) is 5.10 Å². The average Bonchev–Trinajstić information content (AvgIpc) is 2.33. The molecule has 1 aromatic rings. The van der Waals surface area contributed by atoms with Crippen LogP contribution in [-0.2, 0) is 11.2 Å². The maximum absolute atomic E-state index is 5.70. The van der Waals surface area contributed by atoms with Crippen molar-refractivity contribution < 1.29 is 4.74 Å². The molecule has 0 aliphatic heterocycles. The molecule has 1 fully saturated rings. The number of aromatic nitrogens is 2. The zero-order valence-corrected chi connectivity index (χ0v) is 10.3. The molecule has 1 aliphatic rings. The molecule has 0 atom stereocenters. The van der Waals surface area contributed by atoms with E-state index in [1.54, 1.807) is 7.11 Å². The van der Waals surface area contributed by atoms with Crippen LogP contribution in [0.3, 0.4) is 0 Å². The molecule has 1 heterocycles. The van der Waals surface area contributed by atoms with Crippen LogP contribution in [0.25, 0.3) is 0 Å². The van der Waals surface area contributed by atoms with Crippen LogP contribution in [0, 0.1) is 5.92 Å². The van der Waals surface area contributed by atoms with E-state index in [1.165, 1.54) is 25.7 Å². The third kappa shape index (κ3) is 3.16. The Hall–Kier alpha value is -0.670. The second-order valence-corrected chi connectivity index (χ2v) is 4.82. The van der Waals surface area contributed by atoms with Gasteiger partial charge in [0.25, 0.3) is 0 Å². The monoisotopic (exact) mass is 240 g/mol. The molecule has 2 rings (SSSR count). The van der Waals surface area contributed by atoms with E-state index in [0.717, 1.165) is 18.0 Å². The molecule has 88 valence electrons. The fraction of sp³-hybridized carbons (Fsp3) is 0.667. The number of rotatable bonds is 3. The Bertz CT molecular complexity index is 320. The summed E-state index contributed by atoms with van der Waals surface area (Å²) in [6.07, 6.45) is 6.27. The molecular weight excluding hydrogens is 224 g/mol. The number of methoxy groups -OCH3 is 1. The fourth-order valence-electron chi connectivity index (χ4n) is 2.32. The van der Waals surface area contributed by atoms with E-state index in [9.17, 15) is 0 Å². The Kier molecular flexibility index (Phi) is 4.13. The molecule has 1 aliphatic carbocycles. The predicted octanol–water partition coefficient (Wildman–Crippen LogP) is 2.88. The molecule has 3 nitrogen and oxygen atoms in total. The van der Waals surface area contributed by atoms with Crippen LogP contribution in [0.4, 0.5) is 0 Å². The zero-order valence-electron chi connectivity index (χ0n) is 9.53. The molecule has 0 saturated heterocycles. The Morgan fingerprint density at radius 3 is 2.56 bits per heavy atom. The van der Waals surface area contributed by atoms with E-state index in [-0.39, 0.29) is 0 Å². The van der Waals surface area contributed by atoms with E-state index >= 15 is 0 Å². The van der Waals surface area contributed by atoms with E-state index < -0.39 is 0 Å². The van der Waals surface area contributed by atoms with Gasteiger partial charge in [0.1, 0.15) is 0 Å². The Balaban J connectivity index is 1.84. The van der Waals surface area contributed by atoms with Crippen molar-refractivity contribution in [2.75, 3.05) is 7.11 Å². The summed E-state index contributed by atoms with van der Waals surface area (Å²) >= 11 is 5.70. The number of hydrogen-bond donors (Lipinski definition) is 0. The molecule has 0 unspecified atom stereocenters. The first-order chi connectivity index (χ1) is 7.78. The SMILES string of the molecule is CO[C@H]1CC[C@H](Cc2ccc(Cl)nn2)CC1. The average molecular weight is 241 g/mol. The lowest BCUT2D eigenvalue weighted by atomic mass is 9.84. The molecule has 0 aromatic carbocycles. The second kappa shape index (κ2) is 5.60. The van der Waals surface area contributed by atoms with Gasteiger partial charge in [0.05, 0.1) is 11.8 Å². The minimum Gasteiger partial charge on any atom is -0.381 e. The van der Waals surface area contributed by atoms with Crippen LogP contribution in [-0.4, -0.2) is 23.4 Å². The van der Waals surface area contributed by atoms with Gasteiger partial charge in [-0.2, -0.15) is 5.10 Å². The molecule has 0 spiro atoms. The Morgan fingerprint density at radius 2 is 2.00 bits per heavy atom. The largest absolute Gasteiger partial charge is 0.381 e. The highest BCUT2D eigenvalue weighted by Crippen LogP contribution is 2.28. The molecule has 0 bridgehead atoms. The summed E-state index contributed by atoms with van der Waals surface area (Å²) in [7, 11) is 1.80. The number of nitrogens with zero attached hydrogens (tertiary/aromatic N) is 2. The van der Waals surface area contributed by atoms with Gasteiger partial charge in [-0.1, -0.05) is 11.6 Å². The maximum Gasteiger partial charge on any atom is 0.151 e. The lowest BCUT2D eigenvalue weighted by Crippen LogP contribution is -2.21. The van der Waals surface area contributed by atoms with E-state index in [1.807, 2.05) is 12.1 Å². The first-order valence-electron chi connectivity index (χ1n) is 5.79. The molecule has 1 aromatic heterocycles. The highest BCUT2D eigenvalue weighted by atomic mass is 35.5. The normalized spacial score (nSPS) is 25.6. The number of ether oxygens (including phenoxy) is 1. The third-order valence-electron chi connectivity index (χ3n) is 3.31. The van der Waals surface area contributed by atoms with Crippen LogP contribution < -0.4 is 0 Å². The molecule has 4 heteroatoms. The van der Waals surface area contributed by atoms with Gasteiger partial charge < -0.3 is 4.74 Å². The van der Waals surface area contributed by atoms with Crippen molar-refractivity contribution in [3.05, 3.63) is 23.0 Å². The van der Waals surface area contributed by atoms with E-state index in [0.29, 0.717) is 11.3 Å². The Morgan fingerprint density at radius 1 is 1.25 bits per heavy atom. The van der Waals surface area contributed by atoms with E-state index in [2.05, 4.69) is 10.2 Å². The van der Waals surface area contributed by atoms with Gasteiger partial charge in [0, 0.05) is 7.11 Å². The quantitative estimate of drug-likeness (QED) is 0.815. The first kappa shape index (κ1) is 11.8. The van der Waals surface area contributed by atoms with Gasteiger partial charge >= 0.3 is 0 Å². The van der Waals surface area contributed by atoms with Gasteiger partial charge in [-0.3, -0.25) is 0 Å². The minimum absolute atomic E-state index is 0.465. The van der Waals surface area contributed by atoms with Crippen molar-refractivity contribution in [1.82, 2.24) is 10.2 Å². The standard InChI is InChI=1S/C12H17ClN2O/c1-16-11-5-2-9(3-6-11)8-10-4-7-12(13)15-14-10/h4,7,9,11H,2-3,5-6,8H2,1H3/t9-,11-. The minimum atomic E-state index is 0.465. The van der Waals surface area contributed by atoms with Gasteiger partial charge in [0.2, 0.25) is 0 Å². The summed E-state index contributed by atoms with van der Waals surface area (Å²) in [5.41, 5.74) is 1.05. The van der Waals surface area contributed by atoms with Crippen LogP contribution in [0.1, 0.15) is 31.4 Å². The van der Waals surface area contributed by atoms with Crippen LogP contribution in [0.2, 0.25) is 5.15 Å². The lowest BCUT2D eigenvalue weighted by Gasteiger charge is -2.27. The predicted molar refractivity (Wildman–Crippen MR) is 63.5 cm³/mol. The fourth-order valence-corrected chi connectivity index (χ4v) is 2.42. The molecule has 0 amide bonds. The Labute approximate surface area is 101 Å². The lowest BCUT2D eigenvalue weighted by molar-refractivity contribution is 0.0567. The van der Waals surface area contributed by atoms with Gasteiger partial charge in [-0.25, -0.2) is 0 Å². The molecular formula is C12H17ClN2O. The zero-order chi connectivity index (χ0) is 11.4. The van der Waals surface area contributed by atoms with Gasteiger partial charge in [0.15, 0.2) is 5.15 Å². The molecule has 0 N–H and O–H groups in total. The van der Waals surface area contributed by atoms with Crippen molar-refractivity contribution >= 4 is 11.6 Å². The highest BCUT2D eigenvalue weighted by Gasteiger charge is 2.21. The van der Waals surface area contributed by atoms with Crippen molar-refractivity contribution in [3.63, 3.8) is 0 Å². The van der Waals surface area contributed by atoms with E-state index in [4.69, 9.17) is 16.3 Å². The smallest absolute Gasteiger partial charge is 0.151 e. The van der Waals surface area contributed by atoms with Crippen LogP contribution in [0.15, 0.2) is 12.1 Å². The second-order valence-electron chi connectivity index (χ2n) is 4.43. The molecule has 16 heavy (non-hydrogen) atoms. The van der Waals surface area contributed by atoms with Crippen molar-refractivity contribution in [1.29, 1.82) is 0 Å². The summed E-state index contributed by atoms with van der Waals surface area (Å²) in [4.78, 5) is 0. The summed E-state index contributed by atoms with van der Waals surface area (Å²) < 4.78 is 5.36. The maximum atomic E-state index is 5.70. The van der Waals surface area contributed by atoms with Crippen molar-refractivity contribution in [2.24, 2.45) is 5.92 Å². The molecule has 0 radical (unpaired) electrons. The summed E-state index contributed by atoms with van der Waals surface area (Å²) in [5.74, 6) is 0.724. The highest BCUT2D eigenvalue weighted by molar-refractivity contribution is 6.29. The van der Waals surface area contributed by atoms with Crippen LogP contribution in [0.5, 0.6) is 0 Å². The van der Waals surface area contributed by atoms with Crippen LogP contribution >= 0.6 is 11.6 Å². The topological polar surface area (TPSA) is 35.0 Å². The molecule has 1 saturated carbocycles. The van der Waals surface area contributed by atoms with Crippen molar-refractivity contribution in [2.45, 2.75) is 38.2 Å². The van der Waals surface area contributed by atoms with Gasteiger partial charge in [-0.05, 0) is 50.2 Å². The first-order valence-corrected chi connectivity index (χ1v) is 6.16. The summed E-state index contributed by atoms with van der Waals surface area (Å²) in [6, 6.07) is 3.78.